The fourth-order valence-corrected chi connectivity index (χ4v) is 6.54. The highest BCUT2D eigenvalue weighted by Gasteiger charge is 2.27. The lowest BCUT2D eigenvalue weighted by atomic mass is 10.1. The molecule has 3 aromatic heterocycles. The molecule has 1 saturated heterocycles. The van der Waals surface area contributed by atoms with E-state index < -0.39 is 27.3 Å². The number of nitrogens with zero attached hydrogens (tertiary/aromatic N) is 5. The van der Waals surface area contributed by atoms with Crippen LogP contribution < -0.4 is 10.1 Å². The van der Waals surface area contributed by atoms with Gasteiger partial charge < -0.3 is 19.2 Å². The second-order valence-corrected chi connectivity index (χ2v) is 13.4. The number of oxazole rings is 1. The van der Waals surface area contributed by atoms with Gasteiger partial charge in [-0.25, -0.2) is 14.0 Å². The van der Waals surface area contributed by atoms with Crippen molar-refractivity contribution in [1.82, 2.24) is 19.7 Å². The first-order valence-corrected chi connectivity index (χ1v) is 15.0. The topological polar surface area (TPSA) is 151 Å². The van der Waals surface area contributed by atoms with Crippen LogP contribution in [0.1, 0.15) is 55.8 Å². The van der Waals surface area contributed by atoms with E-state index >= 15 is 0 Å². The summed E-state index contributed by atoms with van der Waals surface area (Å²) in [6.07, 6.45) is 5.14. The van der Waals surface area contributed by atoms with Gasteiger partial charge in [-0.05, 0) is 58.7 Å². The fourth-order valence-electron chi connectivity index (χ4n) is 4.56. The molecule has 2 amide bonds. The van der Waals surface area contributed by atoms with Crippen molar-refractivity contribution < 1.29 is 27.7 Å². The van der Waals surface area contributed by atoms with E-state index in [2.05, 4.69) is 19.6 Å². The monoisotopic (exact) mass is 580 g/mol. The quantitative estimate of drug-likeness (QED) is 0.327. The molecule has 4 heterocycles. The van der Waals surface area contributed by atoms with Crippen molar-refractivity contribution in [1.29, 1.82) is 0 Å². The van der Waals surface area contributed by atoms with Crippen LogP contribution in [0.25, 0.3) is 22.4 Å². The van der Waals surface area contributed by atoms with Crippen molar-refractivity contribution in [2.75, 3.05) is 23.9 Å². The highest BCUT2D eigenvalue weighted by Crippen LogP contribution is 2.33. The summed E-state index contributed by atoms with van der Waals surface area (Å²) in [4.78, 5) is 33.6. The van der Waals surface area contributed by atoms with Gasteiger partial charge in [-0.2, -0.15) is 5.10 Å². The van der Waals surface area contributed by atoms with Crippen molar-refractivity contribution in [3.05, 3.63) is 54.3 Å². The maximum Gasteiger partial charge on any atom is 0.442 e. The van der Waals surface area contributed by atoms with Crippen LogP contribution in [-0.2, 0) is 14.5 Å². The van der Waals surface area contributed by atoms with Gasteiger partial charge >= 0.3 is 6.09 Å². The van der Waals surface area contributed by atoms with E-state index in [1.54, 1.807) is 45.2 Å². The van der Waals surface area contributed by atoms with Gasteiger partial charge in [0.05, 0.1) is 34.1 Å². The summed E-state index contributed by atoms with van der Waals surface area (Å²) < 4.78 is 35.1. The Labute approximate surface area is 237 Å². The lowest BCUT2D eigenvalue weighted by molar-refractivity contribution is 0.0607. The van der Waals surface area contributed by atoms with Gasteiger partial charge in [0, 0.05) is 46.6 Å². The second kappa shape index (κ2) is 11.0. The number of carbonyl (C=O) groups excluding carboxylic acids is 2. The molecule has 0 unspecified atom stereocenters. The minimum absolute atomic E-state index is 0.0137. The standard InChI is InChI=1S/C28H32N6O6S/c1-17-12-18(6-9-29-17)26-31-23(16-39-26)25(35)30-22-13-19-15-34(32-21(19)14-24(22)38-5)20-7-10-41(37,11-8-20)33-27(36)40-28(2,3)4/h6,9,12-16,20H,7-8,10-11H2,1-5H3,(H,30,35). The lowest BCUT2D eigenvalue weighted by Crippen LogP contribution is -2.28. The number of ether oxygens (including phenoxy) is 2. The van der Waals surface area contributed by atoms with Gasteiger partial charge in [-0.3, -0.25) is 14.5 Å². The molecule has 4 aromatic rings. The maximum absolute atomic E-state index is 13.1. The number of amides is 2. The summed E-state index contributed by atoms with van der Waals surface area (Å²) in [6, 6.07) is 7.10. The van der Waals surface area contributed by atoms with Crippen LogP contribution in [0, 0.1) is 6.92 Å². The number of anilines is 1. The molecule has 0 radical (unpaired) electrons. The Kier molecular flexibility index (Phi) is 7.56. The van der Waals surface area contributed by atoms with E-state index in [4.69, 9.17) is 19.0 Å². The first kappa shape index (κ1) is 28.3. The molecule has 12 nitrogen and oxygen atoms in total. The zero-order chi connectivity index (χ0) is 29.4. The molecule has 0 saturated carbocycles. The van der Waals surface area contributed by atoms with Crippen LogP contribution in [-0.4, -0.2) is 60.2 Å². The minimum atomic E-state index is -2.68. The molecule has 0 aliphatic carbocycles. The largest absolute Gasteiger partial charge is 0.494 e. The van der Waals surface area contributed by atoms with Gasteiger partial charge in [-0.1, -0.05) is 0 Å². The van der Waals surface area contributed by atoms with Crippen LogP contribution in [0.5, 0.6) is 5.75 Å². The molecule has 5 rings (SSSR count). The average Bonchev–Trinajstić information content (AvgIpc) is 3.55. The van der Waals surface area contributed by atoms with Crippen molar-refractivity contribution in [2.45, 2.75) is 52.2 Å². The molecule has 41 heavy (non-hydrogen) atoms. The number of benzene rings is 1. The zero-order valence-electron chi connectivity index (χ0n) is 23.5. The van der Waals surface area contributed by atoms with Gasteiger partial charge in [0.25, 0.3) is 5.91 Å². The Balaban J connectivity index is 1.31. The average molecular weight is 581 g/mol. The molecular formula is C28H32N6O6S. The summed E-state index contributed by atoms with van der Waals surface area (Å²) in [5.41, 5.74) is 2.09. The number of nitrogens with one attached hydrogen (secondary N) is 1. The van der Waals surface area contributed by atoms with Gasteiger partial charge in [0.2, 0.25) is 5.89 Å². The number of methoxy groups -OCH3 is 1. The summed E-state index contributed by atoms with van der Waals surface area (Å²) in [5.74, 6) is 0.853. The molecule has 1 aliphatic rings. The maximum atomic E-state index is 13.1. The second-order valence-electron chi connectivity index (χ2n) is 10.9. The van der Waals surface area contributed by atoms with Crippen molar-refractivity contribution in [2.24, 2.45) is 4.36 Å². The van der Waals surface area contributed by atoms with Crippen LogP contribution in [0.4, 0.5) is 10.5 Å². The molecular weight excluding hydrogens is 548 g/mol. The summed E-state index contributed by atoms with van der Waals surface area (Å²) in [5, 5.41) is 8.34. The van der Waals surface area contributed by atoms with Crippen molar-refractivity contribution >= 4 is 38.3 Å². The molecule has 0 spiro atoms. The van der Waals surface area contributed by atoms with Gasteiger partial charge in [0.1, 0.15) is 17.6 Å². The third-order valence-electron chi connectivity index (χ3n) is 6.52. The van der Waals surface area contributed by atoms with Gasteiger partial charge in [0.15, 0.2) is 5.69 Å². The van der Waals surface area contributed by atoms with E-state index in [-0.39, 0.29) is 23.2 Å². The molecule has 0 atom stereocenters. The Morgan fingerprint density at radius 1 is 1.20 bits per heavy atom. The van der Waals surface area contributed by atoms with E-state index in [0.29, 0.717) is 35.7 Å². The van der Waals surface area contributed by atoms with Crippen LogP contribution >= 0.6 is 0 Å². The van der Waals surface area contributed by atoms with E-state index in [1.165, 1.54) is 13.4 Å². The number of carbonyl (C=O) groups is 2. The molecule has 0 bridgehead atoms. The smallest absolute Gasteiger partial charge is 0.442 e. The third-order valence-corrected chi connectivity index (χ3v) is 8.75. The first-order chi connectivity index (χ1) is 19.4. The number of aromatic nitrogens is 4. The van der Waals surface area contributed by atoms with Crippen LogP contribution in [0.15, 0.2) is 51.7 Å². The summed E-state index contributed by atoms with van der Waals surface area (Å²) in [6.45, 7) is 7.09. The predicted molar refractivity (Wildman–Crippen MR) is 154 cm³/mol. The van der Waals surface area contributed by atoms with E-state index in [0.717, 1.165) is 16.6 Å². The van der Waals surface area contributed by atoms with Crippen molar-refractivity contribution in [3.8, 4) is 17.2 Å². The molecule has 13 heteroatoms. The third kappa shape index (κ3) is 6.56. The lowest BCUT2D eigenvalue weighted by Gasteiger charge is -2.25. The van der Waals surface area contributed by atoms with Gasteiger partial charge in [-0.15, -0.1) is 4.36 Å². The number of aryl methyl sites for hydroxylation is 1. The number of hydrogen-bond donors (Lipinski definition) is 1. The first-order valence-electron chi connectivity index (χ1n) is 13.1. The highest BCUT2D eigenvalue weighted by molar-refractivity contribution is 7.93. The molecule has 1 N–H and O–H groups in total. The minimum Gasteiger partial charge on any atom is -0.494 e. The Morgan fingerprint density at radius 3 is 2.63 bits per heavy atom. The number of pyridine rings is 1. The fraction of sp³-hybridized carbons (Fsp3) is 0.393. The Bertz CT molecular complexity index is 1730. The molecule has 1 fully saturated rings. The Morgan fingerprint density at radius 2 is 1.95 bits per heavy atom. The van der Waals surface area contributed by atoms with Crippen molar-refractivity contribution in [3.63, 3.8) is 0 Å². The zero-order valence-corrected chi connectivity index (χ0v) is 24.4. The van der Waals surface area contributed by atoms with E-state index in [9.17, 15) is 13.8 Å². The SMILES string of the molecule is COc1cc2nn(C3CCS(=O)(=NC(=O)OC(C)(C)C)CC3)cc2cc1NC(=O)c1coc(-c2ccnc(C)c2)n1. The number of hydrogen-bond acceptors (Lipinski definition) is 9. The number of rotatable bonds is 5. The molecule has 1 aromatic carbocycles. The molecule has 1 aliphatic heterocycles. The predicted octanol–water partition coefficient (Wildman–Crippen LogP) is 5.39. The van der Waals surface area contributed by atoms with E-state index in [1.807, 2.05) is 23.9 Å². The summed E-state index contributed by atoms with van der Waals surface area (Å²) >= 11 is 0. The molecule has 216 valence electrons. The van der Waals surface area contributed by atoms with Crippen LogP contribution in [0.3, 0.4) is 0 Å². The van der Waals surface area contributed by atoms with Crippen LogP contribution in [0.2, 0.25) is 0 Å². The summed E-state index contributed by atoms with van der Waals surface area (Å²) in [7, 11) is -1.17. The number of fused-ring (bicyclic) bond motifs is 1. The highest BCUT2D eigenvalue weighted by atomic mass is 32.2. The Hall–Kier alpha value is -4.26. The normalized spacial score (nSPS) is 19.1.